The summed E-state index contributed by atoms with van der Waals surface area (Å²) in [4.78, 5) is 101. The molecular weight excluding hydrogens is 1830 g/mol. The molecule has 0 aromatic carbocycles. The maximum absolute atomic E-state index is 13.1. The van der Waals surface area contributed by atoms with Crippen molar-refractivity contribution >= 4 is 47.0 Å². The second kappa shape index (κ2) is 42.4. The molecule has 0 unspecified atom stereocenters. The summed E-state index contributed by atoms with van der Waals surface area (Å²) in [5.41, 5.74) is 37.9. The molecule has 0 heterocycles. The molecule has 14 N–H and O–H groups in total. The number of aliphatic hydroxyl groups excluding tert-OH is 6. The van der Waals surface area contributed by atoms with Gasteiger partial charge in [0.2, 0.25) is 0 Å². The van der Waals surface area contributed by atoms with Gasteiger partial charge in [0.25, 0.3) is 0 Å². The van der Waals surface area contributed by atoms with Gasteiger partial charge < -0.3 is 72.5 Å². The van der Waals surface area contributed by atoms with E-state index in [2.05, 4.69) is 129 Å². The zero-order chi connectivity index (χ0) is 109. The fourth-order valence-corrected chi connectivity index (χ4v) is 39.1. The number of aliphatic hydroxyl groups is 6. The highest BCUT2D eigenvalue weighted by atomic mass is 16.6. The Morgan fingerprint density at radius 1 is 0.301 bits per heavy atom. The van der Waals surface area contributed by atoms with Crippen molar-refractivity contribution in [2.75, 3.05) is 0 Å². The lowest BCUT2D eigenvalue weighted by Gasteiger charge is -2.70. The van der Waals surface area contributed by atoms with E-state index in [4.69, 9.17) is 41.9 Å². The number of rotatable bonds is 16. The summed E-state index contributed by atoms with van der Waals surface area (Å²) in [6.07, 6.45) is 25.0. The number of nitrogens with two attached hydrogens (primary N) is 4. The van der Waals surface area contributed by atoms with Crippen LogP contribution in [0.4, 0.5) is 0 Å². The largest absolute Gasteiger partial charge is 0.458 e. The number of allylic oxidation sites excluding steroid dienone is 12. The molecule has 146 heavy (non-hydrogen) atoms. The zero-order valence-corrected chi connectivity index (χ0v) is 95.9. The quantitative estimate of drug-likeness (QED) is 0.0297. The summed E-state index contributed by atoms with van der Waals surface area (Å²) in [6.45, 7) is 65.6. The maximum atomic E-state index is 13.1. The van der Waals surface area contributed by atoms with Crippen molar-refractivity contribution in [3.05, 3.63) is 91.2 Å². The summed E-state index contributed by atoms with van der Waals surface area (Å²) in [6, 6.07) is -0.760. The minimum atomic E-state index is -0.749. The minimum absolute atomic E-state index is 0.00320. The van der Waals surface area contributed by atoms with E-state index in [1.807, 2.05) is 61.5 Å². The van der Waals surface area contributed by atoms with Crippen LogP contribution in [0.25, 0.3) is 0 Å². The molecule has 0 aromatic heterocycles. The van der Waals surface area contributed by atoms with Crippen LogP contribution < -0.4 is 22.9 Å². The van der Waals surface area contributed by atoms with Crippen molar-refractivity contribution in [3.8, 4) is 0 Å². The van der Waals surface area contributed by atoms with E-state index in [1.54, 1.807) is 27.7 Å². The Hall–Kier alpha value is -5.92. The maximum Gasteiger partial charge on any atom is 0.303 e. The summed E-state index contributed by atoms with van der Waals surface area (Å²) in [5.74, 6) is 1.70. The average molecular weight is 2030 g/mol. The van der Waals surface area contributed by atoms with Gasteiger partial charge >= 0.3 is 23.9 Å². The Morgan fingerprint density at radius 2 is 0.562 bits per heavy atom. The fraction of sp³-hybridized carbons (Fsp3) is 0.806. The van der Waals surface area contributed by atoms with Crippen molar-refractivity contribution in [1.82, 2.24) is 0 Å². The van der Waals surface area contributed by atoms with Gasteiger partial charge in [0.15, 0.2) is 23.1 Å². The van der Waals surface area contributed by atoms with E-state index in [1.165, 1.54) is 38.8 Å². The topological polar surface area (TPSA) is 399 Å². The third kappa shape index (κ3) is 19.4. The smallest absolute Gasteiger partial charge is 0.303 e. The Morgan fingerprint density at radius 3 is 0.863 bits per heavy atom. The first-order valence-corrected chi connectivity index (χ1v) is 56.8. The highest BCUT2D eigenvalue weighted by molar-refractivity contribution is 5.97. The lowest BCUT2D eigenvalue weighted by Crippen LogP contribution is -2.71. The van der Waals surface area contributed by atoms with Crippen LogP contribution >= 0.6 is 0 Å². The van der Waals surface area contributed by atoms with Gasteiger partial charge in [-0.05, 0) is 426 Å². The van der Waals surface area contributed by atoms with Crippen LogP contribution in [0.2, 0.25) is 0 Å². The SMILES string of the molecule is CC(=O)O[C@H]1C[C@@]2(C)[C@@H](C[C@@H](N)[C@H]3[C@@]4(C)CC[C@@H](O)[C@@H](C)[C@@H]4CC[C@@]32C)/C1=C(\CC=C(C)C)C(C)=O.CC(=O)O[C@H]1C[C@@]2(C)[C@@H](C[C@@H](O)[C@H]3[C@@]4(C)[C@H](N)C[C@@H](O)[C@@H](C)[C@@H]4CC[C@@]32C)/C1=C(\CC=C(C)C)C(C)=O.CC(=O)O[C@H]1C[C@@]2(C)[C@@H](C[C@H](N)[C@H]3[C@@]4(C)CC[C@@H](O)[C@@H](C)[C@@H]4CC[C@@]32C)/C1=C(\CC=C(C)C)C(C)=O.CC(=O)O[C@H]1C[C@@]2(C)[C@H](/C1=C(\CC=C(C)C)C(C)=O)[C@@H](N)[C@@H](O)[C@H]1[C@@]3(C)CC[C@@H](O)[C@@H](C)[C@@H]3CC[C@@]12C. The predicted octanol–water partition coefficient (Wildman–Crippen LogP) is 20.9. The second-order valence-electron chi connectivity index (χ2n) is 54.8. The van der Waals surface area contributed by atoms with Crippen molar-refractivity contribution in [1.29, 1.82) is 0 Å². The van der Waals surface area contributed by atoms with Crippen LogP contribution in [-0.4, -0.2) is 163 Å². The molecule has 42 atom stereocenters. The van der Waals surface area contributed by atoms with E-state index >= 15 is 0 Å². The van der Waals surface area contributed by atoms with Gasteiger partial charge in [0.05, 0.1) is 36.6 Å². The van der Waals surface area contributed by atoms with Crippen molar-refractivity contribution in [3.63, 3.8) is 0 Å². The minimum Gasteiger partial charge on any atom is -0.458 e. The second-order valence-corrected chi connectivity index (χ2v) is 54.8. The molecule has 16 rings (SSSR count). The Labute approximate surface area is 877 Å². The molecule has 16 fully saturated rings. The third-order valence-corrected chi connectivity index (χ3v) is 46.5. The van der Waals surface area contributed by atoms with Crippen molar-refractivity contribution < 1.29 is 87.9 Å². The van der Waals surface area contributed by atoms with Gasteiger partial charge in [-0.2, -0.15) is 0 Å². The van der Waals surface area contributed by atoms with Crippen LogP contribution in [0.3, 0.4) is 0 Å². The number of Topliss-reactive ketones (excluding diaryl/α,β-unsaturated/α-hetero) is 4. The van der Waals surface area contributed by atoms with Gasteiger partial charge in [-0.1, -0.05) is 157 Å². The summed E-state index contributed by atoms with van der Waals surface area (Å²) in [7, 11) is 0. The van der Waals surface area contributed by atoms with Gasteiger partial charge in [0, 0.05) is 80.1 Å². The van der Waals surface area contributed by atoms with Crippen LogP contribution in [0.1, 0.15) is 389 Å². The Kier molecular flexibility index (Phi) is 34.0. The predicted molar refractivity (Wildman–Crippen MR) is 575 cm³/mol. The fourth-order valence-electron chi connectivity index (χ4n) is 39.1. The van der Waals surface area contributed by atoms with Crippen LogP contribution in [0.15, 0.2) is 91.2 Å². The zero-order valence-electron chi connectivity index (χ0n) is 95.9. The molecule has 22 heteroatoms. The first kappa shape index (κ1) is 117. The molecule has 0 aliphatic heterocycles. The highest BCUT2D eigenvalue weighted by Crippen LogP contribution is 2.81. The number of carbonyl (C=O) groups excluding carboxylic acids is 8. The molecule has 0 saturated heterocycles. The lowest BCUT2D eigenvalue weighted by atomic mass is 9.35. The van der Waals surface area contributed by atoms with Gasteiger partial charge in [0.1, 0.15) is 24.4 Å². The lowest BCUT2D eigenvalue weighted by molar-refractivity contribution is -0.239. The normalized spacial score (nSPS) is 47.8. The Balaban J connectivity index is 0.000000163. The molecule has 16 saturated carbocycles. The molecule has 0 spiro atoms. The first-order valence-electron chi connectivity index (χ1n) is 56.8. The number of ketones is 4. The molecule has 16 aliphatic carbocycles. The monoisotopic (exact) mass is 2030 g/mol. The van der Waals surface area contributed by atoms with Crippen molar-refractivity contribution in [2.24, 2.45) is 183 Å². The van der Waals surface area contributed by atoms with E-state index in [0.29, 0.717) is 86.5 Å². The molecule has 820 valence electrons. The number of ether oxygens (including phenoxy) is 4. The molecule has 0 amide bonds. The number of carbonyl (C=O) groups is 8. The van der Waals surface area contributed by atoms with Crippen molar-refractivity contribution in [2.45, 2.75) is 474 Å². The molecule has 16 aliphatic rings. The molecular formula is C124H196N4O18. The molecule has 0 radical (unpaired) electrons. The van der Waals surface area contributed by atoms with Gasteiger partial charge in [-0.15, -0.1) is 0 Å². The van der Waals surface area contributed by atoms with Gasteiger partial charge in [-0.25, -0.2) is 0 Å². The molecule has 0 aromatic rings. The number of fused-ring (bicyclic) bond motifs is 20. The Bertz CT molecular complexity index is 5090. The van der Waals surface area contributed by atoms with E-state index in [9.17, 15) is 69.0 Å². The van der Waals surface area contributed by atoms with E-state index < -0.39 is 36.6 Å². The average Bonchev–Trinajstić information content (AvgIpc) is 1.56. The highest BCUT2D eigenvalue weighted by Gasteiger charge is 2.78. The molecule has 0 bridgehead atoms. The summed E-state index contributed by atoms with van der Waals surface area (Å²) in [5, 5.41) is 66.9. The van der Waals surface area contributed by atoms with E-state index in [-0.39, 0.29) is 226 Å². The first-order chi connectivity index (χ1) is 67.5. The van der Waals surface area contributed by atoms with Crippen LogP contribution in [0.5, 0.6) is 0 Å². The number of hydrogen-bond donors (Lipinski definition) is 10. The number of hydrogen-bond acceptors (Lipinski definition) is 22. The standard InChI is InChI=1S/2C31H49NO5.2C31H49NO4/c1-16(2)9-10-20(18(4)33)24-23(37-19(5)34)15-31(8)25(24)26(32)27(36)28-29(6)13-12-22(35)17(3)21(29)11-14-30(28,31)7;1-16(2)9-10-20(18(4)33)27-22-13-24(36)28-29(6,30(22,7)15-25(27)37-19(5)34)12-11-21-17(3)23(35)14-26(32)31(21,28)8;2*1-17(2)9-10-21(19(4)33)27-23-15-24(32)28-29(6)13-12-25(35)18(3)22(29)11-14-30(28,7)31(23,8)16-26(27)36-20(5)34/h9,17,21-23,25-28,35-36H,10-15,32H2,1-8H3;9,17,21-26,28,35-36H,10-15,32H2,1-8H3;2*9,18,22-26,28,35H,10-16,32H2,1-8H3/b24-20+;27-20-;2*27-21-/t17-,21-,22+,23-,25+,26+,27+,28-,29-,30-,31-;17-,21-,22-,23+,24+,25-,26+,28+,29-,30-,31+;18-,22-,23-,24+,25+,26-,28-,29-,30-,31-;18-,22-,23-,24-,25+,26-,28-,29-,30-,31-/m0000/s1. The summed E-state index contributed by atoms with van der Waals surface area (Å²) < 4.78 is 23.9. The summed E-state index contributed by atoms with van der Waals surface area (Å²) >= 11 is 0. The van der Waals surface area contributed by atoms with Gasteiger partial charge in [-0.3, -0.25) is 38.4 Å². The van der Waals surface area contributed by atoms with Crippen LogP contribution in [-0.2, 0) is 57.3 Å². The number of esters is 4. The van der Waals surface area contributed by atoms with Crippen LogP contribution in [0, 0.1) is 160 Å². The molecule has 22 nitrogen and oxygen atoms in total. The third-order valence-electron chi connectivity index (χ3n) is 46.5. The van der Waals surface area contributed by atoms with E-state index in [0.717, 1.165) is 166 Å².